The molecular formula is C14H14BrN3O. The van der Waals surface area contributed by atoms with Crippen molar-refractivity contribution in [3.8, 4) is 11.5 Å². The number of nitrogen functional groups attached to an aromatic ring is 1. The minimum atomic E-state index is -0.0389. The summed E-state index contributed by atoms with van der Waals surface area (Å²) in [4.78, 5) is 4.00. The molecule has 4 nitrogen and oxygen atoms in total. The zero-order chi connectivity index (χ0) is 14.0. The van der Waals surface area contributed by atoms with E-state index in [2.05, 4.69) is 20.9 Å². The molecule has 1 aromatic heterocycles. The van der Waals surface area contributed by atoms with Gasteiger partial charge in [0, 0.05) is 10.7 Å². The van der Waals surface area contributed by atoms with Crippen molar-refractivity contribution in [2.24, 2.45) is 5.73 Å². The highest BCUT2D eigenvalue weighted by Gasteiger charge is 2.09. The normalized spacial score (nSPS) is 10.3. The Morgan fingerprint density at radius 2 is 1.95 bits per heavy atom. The van der Waals surface area contributed by atoms with Crippen molar-refractivity contribution in [1.82, 2.24) is 4.98 Å². The Hall–Kier alpha value is -1.88. The van der Waals surface area contributed by atoms with Crippen LogP contribution in [-0.4, -0.2) is 10.8 Å². The third-order valence-electron chi connectivity index (χ3n) is 2.71. The number of amidine groups is 1. The molecule has 0 aliphatic heterocycles. The van der Waals surface area contributed by atoms with Gasteiger partial charge >= 0.3 is 0 Å². The zero-order valence-corrected chi connectivity index (χ0v) is 12.3. The van der Waals surface area contributed by atoms with Crippen molar-refractivity contribution >= 4 is 21.8 Å². The van der Waals surface area contributed by atoms with E-state index in [9.17, 15) is 0 Å². The van der Waals surface area contributed by atoms with Crippen LogP contribution in [0.15, 0.2) is 35.1 Å². The Morgan fingerprint density at radius 1 is 1.32 bits per heavy atom. The minimum Gasteiger partial charge on any atom is -0.455 e. The number of nitrogens with one attached hydrogen (secondary N) is 1. The van der Waals surface area contributed by atoms with E-state index in [-0.39, 0.29) is 5.84 Å². The summed E-state index contributed by atoms with van der Waals surface area (Å²) in [5, 5.41) is 7.52. The molecule has 5 heteroatoms. The maximum atomic E-state index is 7.52. The lowest BCUT2D eigenvalue weighted by atomic mass is 10.1. The Morgan fingerprint density at radius 3 is 2.53 bits per heavy atom. The van der Waals surface area contributed by atoms with Gasteiger partial charge in [-0.3, -0.25) is 10.4 Å². The van der Waals surface area contributed by atoms with Gasteiger partial charge in [0.15, 0.2) is 5.75 Å². The largest absolute Gasteiger partial charge is 0.455 e. The minimum absolute atomic E-state index is 0.0389. The SMILES string of the molecule is Cc1cc(Oc2cnccc2C(=N)N)cc(C)c1Br. The molecule has 0 amide bonds. The summed E-state index contributed by atoms with van der Waals surface area (Å²) in [7, 11) is 0. The first-order chi connectivity index (χ1) is 8.99. The first kappa shape index (κ1) is 13.5. The molecule has 1 aromatic carbocycles. The van der Waals surface area contributed by atoms with E-state index >= 15 is 0 Å². The van der Waals surface area contributed by atoms with E-state index in [0.717, 1.165) is 15.6 Å². The van der Waals surface area contributed by atoms with Gasteiger partial charge in [-0.25, -0.2) is 0 Å². The Kier molecular flexibility index (Phi) is 3.85. The fourth-order valence-corrected chi connectivity index (χ4v) is 2.00. The summed E-state index contributed by atoms with van der Waals surface area (Å²) < 4.78 is 6.85. The molecule has 0 atom stereocenters. The molecule has 0 saturated carbocycles. The summed E-state index contributed by atoms with van der Waals surface area (Å²) in [6, 6.07) is 5.51. The number of aromatic nitrogens is 1. The Balaban J connectivity index is 2.39. The van der Waals surface area contributed by atoms with Crippen molar-refractivity contribution in [2.45, 2.75) is 13.8 Å². The summed E-state index contributed by atoms with van der Waals surface area (Å²) in [5.74, 6) is 1.15. The van der Waals surface area contributed by atoms with Gasteiger partial charge in [-0.15, -0.1) is 0 Å². The van der Waals surface area contributed by atoms with E-state index in [1.807, 2.05) is 26.0 Å². The van der Waals surface area contributed by atoms with Crippen LogP contribution in [0.3, 0.4) is 0 Å². The average Bonchev–Trinajstić information content (AvgIpc) is 2.36. The number of halogens is 1. The van der Waals surface area contributed by atoms with Crippen LogP contribution in [0.1, 0.15) is 16.7 Å². The molecule has 0 aliphatic carbocycles. The van der Waals surface area contributed by atoms with Crippen molar-refractivity contribution in [1.29, 1.82) is 5.41 Å². The van der Waals surface area contributed by atoms with Crippen molar-refractivity contribution < 1.29 is 4.74 Å². The van der Waals surface area contributed by atoms with E-state index in [1.54, 1.807) is 18.5 Å². The third kappa shape index (κ3) is 2.93. The van der Waals surface area contributed by atoms with Crippen molar-refractivity contribution in [3.05, 3.63) is 51.8 Å². The second-order valence-electron chi connectivity index (χ2n) is 4.26. The van der Waals surface area contributed by atoms with Gasteiger partial charge in [0.1, 0.15) is 11.6 Å². The molecule has 3 N–H and O–H groups in total. The van der Waals surface area contributed by atoms with Crippen LogP contribution in [-0.2, 0) is 0 Å². The summed E-state index contributed by atoms with van der Waals surface area (Å²) in [6.45, 7) is 4.00. The molecule has 2 aromatic rings. The van der Waals surface area contributed by atoms with Crippen LogP contribution >= 0.6 is 15.9 Å². The molecule has 0 fully saturated rings. The highest BCUT2D eigenvalue weighted by molar-refractivity contribution is 9.10. The summed E-state index contributed by atoms with van der Waals surface area (Å²) in [6.07, 6.45) is 3.14. The van der Waals surface area contributed by atoms with Crippen LogP contribution in [0, 0.1) is 19.3 Å². The van der Waals surface area contributed by atoms with E-state index in [4.69, 9.17) is 15.9 Å². The van der Waals surface area contributed by atoms with E-state index in [1.165, 1.54) is 0 Å². The molecule has 0 bridgehead atoms. The first-order valence-electron chi connectivity index (χ1n) is 5.72. The van der Waals surface area contributed by atoms with Gasteiger partial charge < -0.3 is 10.5 Å². The number of rotatable bonds is 3. The lowest BCUT2D eigenvalue weighted by Gasteiger charge is -2.12. The molecular weight excluding hydrogens is 306 g/mol. The van der Waals surface area contributed by atoms with Crippen LogP contribution in [0.5, 0.6) is 11.5 Å². The highest BCUT2D eigenvalue weighted by Crippen LogP contribution is 2.30. The quantitative estimate of drug-likeness (QED) is 0.671. The molecule has 19 heavy (non-hydrogen) atoms. The lowest BCUT2D eigenvalue weighted by Crippen LogP contribution is -2.12. The predicted octanol–water partition coefficient (Wildman–Crippen LogP) is 3.54. The number of hydrogen-bond acceptors (Lipinski definition) is 3. The smallest absolute Gasteiger partial charge is 0.156 e. The molecule has 0 unspecified atom stereocenters. The molecule has 0 spiro atoms. The molecule has 2 rings (SSSR count). The standard InChI is InChI=1S/C14H14BrN3O/c1-8-5-10(6-9(2)13(8)15)19-12-7-18-4-3-11(12)14(16)17/h3-7H,1-2H3,(H3,16,17). The Labute approximate surface area is 120 Å². The number of nitrogens with zero attached hydrogens (tertiary/aromatic N) is 1. The lowest BCUT2D eigenvalue weighted by molar-refractivity contribution is 0.478. The zero-order valence-electron chi connectivity index (χ0n) is 10.7. The fraction of sp³-hybridized carbons (Fsp3) is 0.143. The van der Waals surface area contributed by atoms with E-state index < -0.39 is 0 Å². The van der Waals surface area contributed by atoms with E-state index in [0.29, 0.717) is 17.1 Å². The maximum Gasteiger partial charge on any atom is 0.156 e. The van der Waals surface area contributed by atoms with Crippen LogP contribution in [0.4, 0.5) is 0 Å². The summed E-state index contributed by atoms with van der Waals surface area (Å²) >= 11 is 3.51. The topological polar surface area (TPSA) is 72.0 Å². The fourth-order valence-electron chi connectivity index (χ4n) is 1.78. The monoisotopic (exact) mass is 319 g/mol. The molecule has 0 saturated heterocycles. The van der Waals surface area contributed by atoms with Gasteiger partial charge in [-0.2, -0.15) is 0 Å². The molecule has 1 heterocycles. The van der Waals surface area contributed by atoms with Crippen LogP contribution in [0.25, 0.3) is 0 Å². The maximum absolute atomic E-state index is 7.52. The number of aryl methyl sites for hydroxylation is 2. The number of pyridine rings is 1. The van der Waals surface area contributed by atoms with Crippen LogP contribution < -0.4 is 10.5 Å². The number of benzene rings is 1. The number of nitrogens with two attached hydrogens (primary N) is 1. The molecule has 0 aliphatic rings. The molecule has 0 radical (unpaired) electrons. The van der Waals surface area contributed by atoms with Gasteiger partial charge in [0.05, 0.1) is 11.8 Å². The first-order valence-corrected chi connectivity index (χ1v) is 6.51. The van der Waals surface area contributed by atoms with Gasteiger partial charge in [-0.05, 0) is 43.2 Å². The molecule has 98 valence electrons. The average molecular weight is 320 g/mol. The van der Waals surface area contributed by atoms with Gasteiger partial charge in [-0.1, -0.05) is 15.9 Å². The van der Waals surface area contributed by atoms with Crippen molar-refractivity contribution in [2.75, 3.05) is 0 Å². The number of hydrogen-bond donors (Lipinski definition) is 2. The van der Waals surface area contributed by atoms with Gasteiger partial charge in [0.2, 0.25) is 0 Å². The summed E-state index contributed by atoms with van der Waals surface area (Å²) in [5.41, 5.74) is 8.23. The predicted molar refractivity (Wildman–Crippen MR) is 78.9 cm³/mol. The third-order valence-corrected chi connectivity index (χ3v) is 3.96. The Bertz CT molecular complexity index is 617. The van der Waals surface area contributed by atoms with Crippen molar-refractivity contribution in [3.63, 3.8) is 0 Å². The second-order valence-corrected chi connectivity index (χ2v) is 5.05. The van der Waals surface area contributed by atoms with Gasteiger partial charge in [0.25, 0.3) is 0 Å². The van der Waals surface area contributed by atoms with Crippen LogP contribution in [0.2, 0.25) is 0 Å². The highest BCUT2D eigenvalue weighted by atomic mass is 79.9. The number of ether oxygens (including phenoxy) is 1. The second kappa shape index (κ2) is 5.40.